The van der Waals surface area contributed by atoms with Crippen molar-refractivity contribution in [2.75, 3.05) is 18.0 Å². The molecule has 108 valence electrons. The number of hydrogen-bond donors (Lipinski definition) is 1. The van der Waals surface area contributed by atoms with Crippen LogP contribution < -0.4 is 4.90 Å². The molecule has 3 rings (SSSR count). The second-order valence-electron chi connectivity index (χ2n) is 5.86. The Kier molecular flexibility index (Phi) is 3.78. The monoisotopic (exact) mass is 292 g/mol. The molecule has 1 aliphatic carbocycles. The zero-order chi connectivity index (χ0) is 14.1. The Bertz CT molecular complexity index is 526. The van der Waals surface area contributed by atoms with Crippen molar-refractivity contribution < 1.29 is 9.90 Å². The van der Waals surface area contributed by atoms with Crippen LogP contribution in [-0.4, -0.2) is 29.1 Å². The first-order valence-corrected chi connectivity index (χ1v) is 8.12. The minimum atomic E-state index is -0.895. The van der Waals surface area contributed by atoms with E-state index in [1.165, 1.54) is 31.8 Å². The van der Waals surface area contributed by atoms with Gasteiger partial charge in [0, 0.05) is 25.1 Å². The summed E-state index contributed by atoms with van der Waals surface area (Å²) in [4.78, 5) is 18.9. The lowest BCUT2D eigenvalue weighted by Gasteiger charge is -2.29. The number of thiazole rings is 1. The van der Waals surface area contributed by atoms with Crippen LogP contribution in [0.2, 0.25) is 0 Å². The maximum atomic E-state index is 10.7. The van der Waals surface area contributed by atoms with Gasteiger partial charge in [0.1, 0.15) is 0 Å². The van der Waals surface area contributed by atoms with Gasteiger partial charge in [-0.25, -0.2) is 9.78 Å². The number of rotatable bonds is 4. The number of anilines is 1. The maximum absolute atomic E-state index is 10.7. The molecule has 0 radical (unpaired) electrons. The van der Waals surface area contributed by atoms with Crippen molar-refractivity contribution in [2.45, 2.75) is 38.5 Å². The molecule has 20 heavy (non-hydrogen) atoms. The zero-order valence-corrected chi connectivity index (χ0v) is 12.5. The maximum Gasteiger partial charge on any atom is 0.328 e. The summed E-state index contributed by atoms with van der Waals surface area (Å²) >= 11 is 1.64. The van der Waals surface area contributed by atoms with E-state index in [-0.39, 0.29) is 0 Å². The lowest BCUT2D eigenvalue weighted by atomic mass is 10.00. The SMILES string of the molecule is CC1CCN(c2nc(C3CC3)c(/C=C/C(=O)O)s2)CC1. The smallest absolute Gasteiger partial charge is 0.328 e. The first kappa shape index (κ1) is 13.6. The van der Waals surface area contributed by atoms with Crippen LogP contribution in [-0.2, 0) is 4.79 Å². The van der Waals surface area contributed by atoms with E-state index < -0.39 is 5.97 Å². The van der Waals surface area contributed by atoms with E-state index in [1.807, 2.05) is 0 Å². The van der Waals surface area contributed by atoms with Gasteiger partial charge in [-0.3, -0.25) is 0 Å². The highest BCUT2D eigenvalue weighted by Gasteiger charge is 2.30. The Morgan fingerprint density at radius 1 is 1.35 bits per heavy atom. The molecule has 2 heterocycles. The van der Waals surface area contributed by atoms with Crippen molar-refractivity contribution >= 4 is 28.5 Å². The fourth-order valence-corrected chi connectivity index (χ4v) is 3.69. The minimum absolute atomic E-state index is 0.553. The molecule has 1 aliphatic heterocycles. The van der Waals surface area contributed by atoms with Crippen molar-refractivity contribution in [3.05, 3.63) is 16.6 Å². The number of carboxylic acids is 1. The molecule has 1 aromatic heterocycles. The molecule has 1 saturated heterocycles. The summed E-state index contributed by atoms with van der Waals surface area (Å²) in [7, 11) is 0. The Morgan fingerprint density at radius 2 is 2.05 bits per heavy atom. The molecule has 0 atom stereocenters. The zero-order valence-electron chi connectivity index (χ0n) is 11.7. The van der Waals surface area contributed by atoms with E-state index in [1.54, 1.807) is 17.4 Å². The summed E-state index contributed by atoms with van der Waals surface area (Å²) < 4.78 is 0. The van der Waals surface area contributed by atoms with E-state index in [0.29, 0.717) is 5.92 Å². The second-order valence-corrected chi connectivity index (χ2v) is 6.87. The largest absolute Gasteiger partial charge is 0.478 e. The fourth-order valence-electron chi connectivity index (χ4n) is 2.58. The van der Waals surface area contributed by atoms with E-state index in [2.05, 4.69) is 11.8 Å². The first-order valence-electron chi connectivity index (χ1n) is 7.30. The highest BCUT2D eigenvalue weighted by Crippen LogP contribution is 2.45. The molecule has 0 unspecified atom stereocenters. The third-order valence-electron chi connectivity index (χ3n) is 4.07. The predicted molar refractivity (Wildman–Crippen MR) is 81.4 cm³/mol. The quantitative estimate of drug-likeness (QED) is 0.865. The highest BCUT2D eigenvalue weighted by molar-refractivity contribution is 7.16. The summed E-state index contributed by atoms with van der Waals surface area (Å²) in [6.45, 7) is 4.44. The highest BCUT2D eigenvalue weighted by atomic mass is 32.1. The molecular weight excluding hydrogens is 272 g/mol. The topological polar surface area (TPSA) is 53.4 Å². The van der Waals surface area contributed by atoms with Crippen LogP contribution in [0.1, 0.15) is 49.1 Å². The second kappa shape index (κ2) is 5.56. The van der Waals surface area contributed by atoms with Gasteiger partial charge in [0.15, 0.2) is 5.13 Å². The third-order valence-corrected chi connectivity index (χ3v) is 5.16. The number of aromatic nitrogens is 1. The summed E-state index contributed by atoms with van der Waals surface area (Å²) in [6.07, 6.45) is 7.75. The molecule has 0 amide bonds. The summed E-state index contributed by atoms with van der Waals surface area (Å²) in [5.41, 5.74) is 1.11. The summed E-state index contributed by atoms with van der Waals surface area (Å²) in [6, 6.07) is 0. The van der Waals surface area contributed by atoms with E-state index in [0.717, 1.165) is 34.7 Å². The van der Waals surface area contributed by atoms with Crippen LogP contribution in [0.15, 0.2) is 6.08 Å². The first-order chi connectivity index (χ1) is 9.63. The van der Waals surface area contributed by atoms with Gasteiger partial charge < -0.3 is 10.0 Å². The molecule has 1 saturated carbocycles. The molecule has 0 spiro atoms. The average molecular weight is 292 g/mol. The van der Waals surface area contributed by atoms with Crippen LogP contribution in [0.4, 0.5) is 5.13 Å². The molecule has 2 fully saturated rings. The van der Waals surface area contributed by atoms with Crippen molar-refractivity contribution in [2.24, 2.45) is 5.92 Å². The molecule has 1 aromatic rings. The number of piperidine rings is 1. The van der Waals surface area contributed by atoms with E-state index >= 15 is 0 Å². The van der Waals surface area contributed by atoms with Crippen LogP contribution in [0.3, 0.4) is 0 Å². The fraction of sp³-hybridized carbons (Fsp3) is 0.600. The van der Waals surface area contributed by atoms with E-state index in [4.69, 9.17) is 10.1 Å². The molecule has 1 N–H and O–H groups in total. The standard InChI is InChI=1S/C15H20N2O2S/c1-10-6-8-17(9-7-10)15-16-14(11-2-3-11)12(20-15)4-5-13(18)19/h4-5,10-11H,2-3,6-9H2,1H3,(H,18,19)/b5-4+. The molecular formula is C15H20N2O2S. The Hall–Kier alpha value is -1.36. The Morgan fingerprint density at radius 3 is 2.65 bits per heavy atom. The predicted octanol–water partition coefficient (Wildman–Crippen LogP) is 3.35. The van der Waals surface area contributed by atoms with Crippen LogP contribution in [0, 0.1) is 5.92 Å². The number of carboxylic acid groups (broad SMARTS) is 1. The minimum Gasteiger partial charge on any atom is -0.478 e. The number of aliphatic carboxylic acids is 1. The van der Waals surface area contributed by atoms with Gasteiger partial charge in [0.05, 0.1) is 10.6 Å². The lowest BCUT2D eigenvalue weighted by molar-refractivity contribution is -0.131. The van der Waals surface area contributed by atoms with Gasteiger partial charge in [0.2, 0.25) is 0 Å². The van der Waals surface area contributed by atoms with Gasteiger partial charge in [-0.15, -0.1) is 0 Å². The summed E-state index contributed by atoms with van der Waals surface area (Å²) in [5.74, 6) is 0.464. The normalized spacial score (nSPS) is 20.8. The molecule has 4 nitrogen and oxygen atoms in total. The number of nitrogens with zero attached hydrogens (tertiary/aromatic N) is 2. The molecule has 5 heteroatoms. The Labute approximate surface area is 123 Å². The van der Waals surface area contributed by atoms with Crippen molar-refractivity contribution in [1.29, 1.82) is 0 Å². The van der Waals surface area contributed by atoms with Crippen molar-refractivity contribution in [1.82, 2.24) is 4.98 Å². The van der Waals surface area contributed by atoms with Crippen molar-refractivity contribution in [3.8, 4) is 0 Å². The van der Waals surface area contributed by atoms with Crippen LogP contribution in [0.25, 0.3) is 6.08 Å². The van der Waals surface area contributed by atoms with Gasteiger partial charge in [-0.1, -0.05) is 18.3 Å². The van der Waals surface area contributed by atoms with E-state index in [9.17, 15) is 4.79 Å². The lowest BCUT2D eigenvalue weighted by Crippen LogP contribution is -2.32. The summed E-state index contributed by atoms with van der Waals surface area (Å²) in [5, 5.41) is 9.86. The molecule has 0 aromatic carbocycles. The molecule has 2 aliphatic rings. The van der Waals surface area contributed by atoms with Gasteiger partial charge in [-0.05, 0) is 37.7 Å². The number of hydrogen-bond acceptors (Lipinski definition) is 4. The third kappa shape index (κ3) is 3.03. The van der Waals surface area contributed by atoms with Crippen molar-refractivity contribution in [3.63, 3.8) is 0 Å². The molecule has 0 bridgehead atoms. The Balaban J connectivity index is 1.81. The van der Waals surface area contributed by atoms with Gasteiger partial charge >= 0.3 is 5.97 Å². The average Bonchev–Trinajstić information content (AvgIpc) is 3.18. The van der Waals surface area contributed by atoms with Crippen LogP contribution in [0.5, 0.6) is 0 Å². The van der Waals surface area contributed by atoms with Crippen LogP contribution >= 0.6 is 11.3 Å². The number of carbonyl (C=O) groups is 1. The van der Waals surface area contributed by atoms with Gasteiger partial charge in [-0.2, -0.15) is 0 Å². The van der Waals surface area contributed by atoms with Gasteiger partial charge in [0.25, 0.3) is 0 Å².